The van der Waals surface area contributed by atoms with Crippen LogP contribution in [0.2, 0.25) is 0 Å². The summed E-state index contributed by atoms with van der Waals surface area (Å²) in [6.07, 6.45) is 2.94. The first-order valence-electron chi connectivity index (χ1n) is 6.75. The van der Waals surface area contributed by atoms with E-state index in [1.165, 1.54) is 0 Å². The van der Waals surface area contributed by atoms with E-state index in [-0.39, 0.29) is 11.8 Å². The van der Waals surface area contributed by atoms with E-state index in [1.54, 1.807) is 4.90 Å². The first-order chi connectivity index (χ1) is 9.10. The molecule has 0 unspecified atom stereocenters. The Morgan fingerprint density at radius 1 is 1.42 bits per heavy atom. The van der Waals surface area contributed by atoms with E-state index in [0.29, 0.717) is 12.8 Å². The molecule has 0 spiro atoms. The number of amides is 2. The molecule has 0 saturated carbocycles. The molecule has 1 N–H and O–H groups in total. The van der Waals surface area contributed by atoms with Crippen LogP contribution in [0.1, 0.15) is 30.9 Å². The van der Waals surface area contributed by atoms with Crippen molar-refractivity contribution in [3.63, 3.8) is 0 Å². The predicted molar refractivity (Wildman–Crippen MR) is 75.0 cm³/mol. The molecule has 0 saturated heterocycles. The van der Waals surface area contributed by atoms with Gasteiger partial charge in [0.15, 0.2) is 0 Å². The lowest BCUT2D eigenvalue weighted by atomic mass is 10.1. The third kappa shape index (κ3) is 3.34. The van der Waals surface area contributed by atoms with E-state index in [4.69, 9.17) is 0 Å². The molecule has 4 heteroatoms. The molecule has 0 aliphatic carbocycles. The number of hydrogen-bond donors (Lipinski definition) is 1. The fourth-order valence-electron chi connectivity index (χ4n) is 2.22. The van der Waals surface area contributed by atoms with E-state index < -0.39 is 0 Å². The molecule has 102 valence electrons. The minimum absolute atomic E-state index is 0.0264. The first-order valence-corrected chi connectivity index (χ1v) is 6.75. The number of carbonyl (C=O) groups excluding carboxylic acids is 2. The highest BCUT2D eigenvalue weighted by Crippen LogP contribution is 2.24. The zero-order chi connectivity index (χ0) is 13.8. The Morgan fingerprint density at radius 2 is 2.21 bits per heavy atom. The van der Waals surface area contributed by atoms with Gasteiger partial charge in [-0.1, -0.05) is 25.5 Å². The molecule has 0 aromatic heterocycles. The largest absolute Gasteiger partial charge is 0.345 e. The summed E-state index contributed by atoms with van der Waals surface area (Å²) in [6, 6.07) is 5.75. The van der Waals surface area contributed by atoms with Crippen molar-refractivity contribution < 1.29 is 9.59 Å². The lowest BCUT2D eigenvalue weighted by Gasteiger charge is -2.16. The molecule has 0 bridgehead atoms. The maximum absolute atomic E-state index is 12.0. The van der Waals surface area contributed by atoms with Crippen molar-refractivity contribution in [2.24, 2.45) is 0 Å². The summed E-state index contributed by atoms with van der Waals surface area (Å²) >= 11 is 0. The molecular weight excluding hydrogens is 240 g/mol. The van der Waals surface area contributed by atoms with Crippen LogP contribution in [-0.2, 0) is 22.4 Å². The standard InChI is InChI=1S/C15H20N2O2/c1-3-4-7-17(2)15(19)9-11-5-6-13-12(8-11)10-14(18)16-13/h5-6,8H,3-4,7,9-10H2,1-2H3,(H,16,18). The minimum atomic E-state index is 0.0264. The second-order valence-corrected chi connectivity index (χ2v) is 5.06. The maximum atomic E-state index is 12.0. The number of benzene rings is 1. The Balaban J connectivity index is 1.98. The zero-order valence-electron chi connectivity index (χ0n) is 11.5. The van der Waals surface area contributed by atoms with Crippen LogP contribution < -0.4 is 5.32 Å². The van der Waals surface area contributed by atoms with Crippen molar-refractivity contribution in [1.82, 2.24) is 4.90 Å². The third-order valence-electron chi connectivity index (χ3n) is 3.42. The lowest BCUT2D eigenvalue weighted by molar-refractivity contribution is -0.129. The van der Waals surface area contributed by atoms with Crippen LogP contribution in [0.5, 0.6) is 0 Å². The summed E-state index contributed by atoms with van der Waals surface area (Å²) in [5.41, 5.74) is 2.84. The normalized spacial score (nSPS) is 13.1. The van der Waals surface area contributed by atoms with E-state index in [0.717, 1.165) is 36.2 Å². The van der Waals surface area contributed by atoms with Crippen molar-refractivity contribution in [2.45, 2.75) is 32.6 Å². The minimum Gasteiger partial charge on any atom is -0.345 e. The maximum Gasteiger partial charge on any atom is 0.228 e. The fourth-order valence-corrected chi connectivity index (χ4v) is 2.22. The van der Waals surface area contributed by atoms with Crippen LogP contribution in [0, 0.1) is 0 Å². The van der Waals surface area contributed by atoms with Gasteiger partial charge >= 0.3 is 0 Å². The number of likely N-dealkylation sites (N-methyl/N-ethyl adjacent to an activating group) is 1. The van der Waals surface area contributed by atoms with Gasteiger partial charge in [0.1, 0.15) is 0 Å². The monoisotopic (exact) mass is 260 g/mol. The number of anilines is 1. The molecule has 0 fully saturated rings. The molecule has 2 amide bonds. The van der Waals surface area contributed by atoms with Gasteiger partial charge in [0.05, 0.1) is 12.8 Å². The van der Waals surface area contributed by atoms with E-state index in [9.17, 15) is 9.59 Å². The lowest BCUT2D eigenvalue weighted by Crippen LogP contribution is -2.29. The molecule has 0 atom stereocenters. The highest BCUT2D eigenvalue weighted by Gasteiger charge is 2.18. The van der Waals surface area contributed by atoms with E-state index in [1.807, 2.05) is 25.2 Å². The number of fused-ring (bicyclic) bond motifs is 1. The SMILES string of the molecule is CCCCN(C)C(=O)Cc1ccc2c(c1)CC(=O)N2. The Hall–Kier alpha value is -1.84. The summed E-state index contributed by atoms with van der Waals surface area (Å²) in [6.45, 7) is 2.92. The van der Waals surface area contributed by atoms with Crippen molar-refractivity contribution in [1.29, 1.82) is 0 Å². The molecule has 0 radical (unpaired) electrons. The van der Waals surface area contributed by atoms with Gasteiger partial charge in [0.25, 0.3) is 0 Å². The Bertz CT molecular complexity index is 497. The van der Waals surface area contributed by atoms with Crippen LogP contribution in [-0.4, -0.2) is 30.3 Å². The predicted octanol–water partition coefficient (Wildman–Crippen LogP) is 1.98. The fraction of sp³-hybridized carbons (Fsp3) is 0.467. The van der Waals surface area contributed by atoms with Crippen molar-refractivity contribution in [3.8, 4) is 0 Å². The Labute approximate surface area is 113 Å². The Morgan fingerprint density at radius 3 is 2.95 bits per heavy atom. The van der Waals surface area contributed by atoms with Crippen molar-refractivity contribution in [3.05, 3.63) is 29.3 Å². The number of hydrogen-bond acceptors (Lipinski definition) is 2. The van der Waals surface area contributed by atoms with Gasteiger partial charge in [-0.2, -0.15) is 0 Å². The van der Waals surface area contributed by atoms with Gasteiger partial charge in [-0.15, -0.1) is 0 Å². The number of nitrogens with zero attached hydrogens (tertiary/aromatic N) is 1. The highest BCUT2D eigenvalue weighted by atomic mass is 16.2. The smallest absolute Gasteiger partial charge is 0.228 e. The number of nitrogens with one attached hydrogen (secondary N) is 1. The number of unbranched alkanes of at least 4 members (excludes halogenated alkanes) is 1. The van der Waals surface area contributed by atoms with Gasteiger partial charge in [0, 0.05) is 19.3 Å². The van der Waals surface area contributed by atoms with Crippen LogP contribution in [0.25, 0.3) is 0 Å². The summed E-state index contributed by atoms with van der Waals surface area (Å²) in [4.78, 5) is 25.1. The third-order valence-corrected chi connectivity index (χ3v) is 3.42. The second kappa shape index (κ2) is 5.87. The van der Waals surface area contributed by atoms with Gasteiger partial charge in [0.2, 0.25) is 11.8 Å². The number of rotatable bonds is 5. The first kappa shape index (κ1) is 13.6. The topological polar surface area (TPSA) is 49.4 Å². The van der Waals surface area contributed by atoms with Gasteiger partial charge in [-0.3, -0.25) is 9.59 Å². The summed E-state index contributed by atoms with van der Waals surface area (Å²) in [5, 5.41) is 2.79. The van der Waals surface area contributed by atoms with Crippen molar-refractivity contribution >= 4 is 17.5 Å². The summed E-state index contributed by atoms with van der Waals surface area (Å²) in [7, 11) is 1.84. The average Bonchev–Trinajstić information content (AvgIpc) is 2.75. The Kier molecular flexibility index (Phi) is 4.20. The van der Waals surface area contributed by atoms with Crippen molar-refractivity contribution in [2.75, 3.05) is 18.9 Å². The quantitative estimate of drug-likeness (QED) is 0.880. The van der Waals surface area contributed by atoms with Crippen LogP contribution in [0.4, 0.5) is 5.69 Å². The van der Waals surface area contributed by atoms with E-state index in [2.05, 4.69) is 12.2 Å². The molecule has 4 nitrogen and oxygen atoms in total. The summed E-state index contributed by atoms with van der Waals surface area (Å²) in [5.74, 6) is 0.157. The molecule has 1 heterocycles. The molecule has 1 aliphatic heterocycles. The zero-order valence-corrected chi connectivity index (χ0v) is 11.5. The second-order valence-electron chi connectivity index (χ2n) is 5.06. The van der Waals surface area contributed by atoms with E-state index >= 15 is 0 Å². The van der Waals surface area contributed by atoms with Crippen LogP contribution in [0.15, 0.2) is 18.2 Å². The molecule has 2 rings (SSSR count). The van der Waals surface area contributed by atoms with Gasteiger partial charge in [-0.05, 0) is 23.6 Å². The average molecular weight is 260 g/mol. The molecule has 19 heavy (non-hydrogen) atoms. The van der Waals surface area contributed by atoms with Crippen LogP contribution in [0.3, 0.4) is 0 Å². The highest BCUT2D eigenvalue weighted by molar-refractivity contribution is 5.99. The van der Waals surface area contributed by atoms with Gasteiger partial charge < -0.3 is 10.2 Å². The molecule has 1 aliphatic rings. The summed E-state index contributed by atoms with van der Waals surface area (Å²) < 4.78 is 0. The molecular formula is C15H20N2O2. The number of carbonyl (C=O) groups is 2. The molecule has 1 aromatic rings. The van der Waals surface area contributed by atoms with Crippen LogP contribution >= 0.6 is 0 Å². The molecule has 1 aromatic carbocycles. The van der Waals surface area contributed by atoms with Gasteiger partial charge in [-0.25, -0.2) is 0 Å².